The van der Waals surface area contributed by atoms with E-state index in [0.717, 1.165) is 16.6 Å². The van der Waals surface area contributed by atoms with E-state index >= 15 is 0 Å². The van der Waals surface area contributed by atoms with E-state index in [1.54, 1.807) is 16.7 Å². The Morgan fingerprint density at radius 1 is 1.53 bits per heavy atom. The summed E-state index contributed by atoms with van der Waals surface area (Å²) in [5.74, 6) is -1.10. The molecule has 1 unspecified atom stereocenters. The number of aromatic nitrogens is 1. The molecule has 2 aromatic rings. The molecule has 0 aliphatic heterocycles. The fourth-order valence-electron chi connectivity index (χ4n) is 2.05. The van der Waals surface area contributed by atoms with Crippen LogP contribution in [0.15, 0.2) is 24.3 Å². The van der Waals surface area contributed by atoms with Crippen molar-refractivity contribution in [1.82, 2.24) is 4.57 Å². The third-order valence-corrected chi connectivity index (χ3v) is 3.21. The molecule has 0 saturated heterocycles. The third kappa shape index (κ3) is 2.94. The van der Waals surface area contributed by atoms with Gasteiger partial charge in [0.2, 0.25) is 0 Å². The highest BCUT2D eigenvalue weighted by Gasteiger charge is 2.11. The molecule has 0 fully saturated rings. The molecular formula is C12H13N2O4S-. The number of benzene rings is 1. The number of aryl methyl sites for hydroxylation is 1. The molecule has 1 heterocycles. The highest BCUT2D eigenvalue weighted by atomic mass is 32.2. The van der Waals surface area contributed by atoms with Gasteiger partial charge >= 0.3 is 5.97 Å². The summed E-state index contributed by atoms with van der Waals surface area (Å²) in [5.41, 5.74) is 2.26. The van der Waals surface area contributed by atoms with Crippen molar-refractivity contribution in [2.75, 3.05) is 11.2 Å². The molecule has 1 aromatic carbocycles. The van der Waals surface area contributed by atoms with Gasteiger partial charge in [0.15, 0.2) is 0 Å². The van der Waals surface area contributed by atoms with Crippen LogP contribution in [0.1, 0.15) is 5.69 Å². The van der Waals surface area contributed by atoms with Crippen molar-refractivity contribution in [2.45, 2.75) is 13.5 Å². The number of aliphatic carboxylic acids is 1. The van der Waals surface area contributed by atoms with Crippen molar-refractivity contribution >= 4 is 33.6 Å². The molecule has 0 aliphatic rings. The molecule has 102 valence electrons. The van der Waals surface area contributed by atoms with Crippen LogP contribution in [0.5, 0.6) is 0 Å². The van der Waals surface area contributed by atoms with Gasteiger partial charge in [0.25, 0.3) is 0 Å². The molecule has 19 heavy (non-hydrogen) atoms. The predicted octanol–water partition coefficient (Wildman–Crippen LogP) is 1.28. The number of carboxylic acid groups (broad SMARTS) is 1. The first-order chi connectivity index (χ1) is 8.99. The first kappa shape index (κ1) is 13.6. The molecule has 1 aromatic heterocycles. The van der Waals surface area contributed by atoms with Gasteiger partial charge < -0.3 is 19.5 Å². The topological polar surface area (TPSA) is 94.4 Å². The van der Waals surface area contributed by atoms with Gasteiger partial charge in [-0.05, 0) is 36.2 Å². The number of carboxylic acids is 1. The van der Waals surface area contributed by atoms with Crippen LogP contribution in [0.2, 0.25) is 0 Å². The third-order valence-electron chi connectivity index (χ3n) is 2.83. The van der Waals surface area contributed by atoms with E-state index in [-0.39, 0.29) is 12.4 Å². The lowest BCUT2D eigenvalue weighted by Gasteiger charge is -2.10. The minimum absolute atomic E-state index is 0.119. The Hall–Kier alpha value is -1.86. The summed E-state index contributed by atoms with van der Waals surface area (Å²) in [6, 6.07) is 7.18. The Kier molecular flexibility index (Phi) is 3.87. The molecule has 1 atom stereocenters. The van der Waals surface area contributed by atoms with Crippen LogP contribution < -0.4 is 5.32 Å². The standard InChI is InChI=1S/C12H14N2O4S/c1-8-5-9-10(13-7-19(17)18)3-2-4-11(9)14(8)6-12(15)16/h2-5,13H,6-7H2,1H3,(H,15,16)(H,17,18)/p-1. The second-order valence-corrected chi connectivity index (χ2v) is 5.02. The van der Waals surface area contributed by atoms with Gasteiger partial charge in [0.1, 0.15) is 6.54 Å². The molecule has 6 nitrogen and oxygen atoms in total. The van der Waals surface area contributed by atoms with Crippen LogP contribution >= 0.6 is 0 Å². The average molecular weight is 281 g/mol. The number of anilines is 1. The van der Waals surface area contributed by atoms with E-state index in [1.807, 2.05) is 19.1 Å². The lowest BCUT2D eigenvalue weighted by molar-refractivity contribution is -0.137. The molecule has 0 saturated carbocycles. The Balaban J connectivity index is 2.45. The highest BCUT2D eigenvalue weighted by molar-refractivity contribution is 7.79. The number of hydrogen-bond acceptors (Lipinski definition) is 4. The van der Waals surface area contributed by atoms with E-state index < -0.39 is 17.0 Å². The fraction of sp³-hybridized carbons (Fsp3) is 0.250. The minimum atomic E-state index is -2.18. The summed E-state index contributed by atoms with van der Waals surface area (Å²) in [6.07, 6.45) is 0. The number of nitrogens with zero attached hydrogens (tertiary/aromatic N) is 1. The molecular weight excluding hydrogens is 268 g/mol. The molecule has 0 amide bonds. The monoisotopic (exact) mass is 281 g/mol. The lowest BCUT2D eigenvalue weighted by Crippen LogP contribution is -2.10. The Labute approximate surface area is 112 Å². The van der Waals surface area contributed by atoms with Gasteiger partial charge in [0.05, 0.1) is 11.4 Å². The largest absolute Gasteiger partial charge is 0.771 e. The average Bonchev–Trinajstić information content (AvgIpc) is 2.63. The summed E-state index contributed by atoms with van der Waals surface area (Å²) in [4.78, 5) is 10.8. The van der Waals surface area contributed by atoms with Gasteiger partial charge in [-0.2, -0.15) is 0 Å². The summed E-state index contributed by atoms with van der Waals surface area (Å²) in [5, 5.41) is 12.5. The Morgan fingerprint density at radius 2 is 2.26 bits per heavy atom. The molecule has 0 aliphatic carbocycles. The predicted molar refractivity (Wildman–Crippen MR) is 71.7 cm³/mol. The summed E-state index contributed by atoms with van der Waals surface area (Å²) in [6.45, 7) is 1.70. The molecule has 2 N–H and O–H groups in total. The Morgan fingerprint density at radius 3 is 2.89 bits per heavy atom. The van der Waals surface area contributed by atoms with Crippen molar-refractivity contribution in [2.24, 2.45) is 0 Å². The molecule has 0 spiro atoms. The van der Waals surface area contributed by atoms with Gasteiger partial charge in [-0.15, -0.1) is 0 Å². The van der Waals surface area contributed by atoms with Crippen molar-refractivity contribution in [3.8, 4) is 0 Å². The molecule has 2 rings (SSSR count). The molecule has 0 bridgehead atoms. The maximum absolute atomic E-state index is 10.8. The zero-order chi connectivity index (χ0) is 14.0. The summed E-state index contributed by atoms with van der Waals surface area (Å²) in [7, 11) is 0. The first-order valence-corrected chi connectivity index (χ1v) is 6.84. The van der Waals surface area contributed by atoms with Crippen molar-refractivity contribution in [3.63, 3.8) is 0 Å². The second-order valence-electron chi connectivity index (χ2n) is 4.13. The minimum Gasteiger partial charge on any atom is -0.771 e. The first-order valence-electron chi connectivity index (χ1n) is 5.59. The van der Waals surface area contributed by atoms with Crippen LogP contribution in [0.25, 0.3) is 10.9 Å². The maximum atomic E-state index is 10.8. The van der Waals surface area contributed by atoms with Gasteiger partial charge in [-0.3, -0.25) is 9.00 Å². The van der Waals surface area contributed by atoms with Crippen LogP contribution in [0, 0.1) is 6.92 Å². The van der Waals surface area contributed by atoms with E-state index in [4.69, 9.17) is 5.11 Å². The highest BCUT2D eigenvalue weighted by Crippen LogP contribution is 2.26. The van der Waals surface area contributed by atoms with Gasteiger partial charge in [-0.1, -0.05) is 6.07 Å². The number of carbonyl (C=O) groups is 1. The van der Waals surface area contributed by atoms with Gasteiger partial charge in [0, 0.05) is 16.8 Å². The van der Waals surface area contributed by atoms with Gasteiger partial charge in [-0.25, -0.2) is 0 Å². The maximum Gasteiger partial charge on any atom is 0.323 e. The SMILES string of the molecule is Cc1cc2c(NCS(=O)[O-])cccc2n1CC(=O)O. The van der Waals surface area contributed by atoms with Crippen LogP contribution in [0.4, 0.5) is 5.69 Å². The van der Waals surface area contributed by atoms with Crippen molar-refractivity contribution in [3.05, 3.63) is 30.0 Å². The van der Waals surface area contributed by atoms with E-state index in [2.05, 4.69) is 5.32 Å². The molecule has 7 heteroatoms. The smallest absolute Gasteiger partial charge is 0.323 e. The van der Waals surface area contributed by atoms with Crippen molar-refractivity contribution in [1.29, 1.82) is 0 Å². The zero-order valence-corrected chi connectivity index (χ0v) is 11.1. The number of fused-ring (bicyclic) bond motifs is 1. The zero-order valence-electron chi connectivity index (χ0n) is 10.3. The summed E-state index contributed by atoms with van der Waals surface area (Å²) < 4.78 is 22.8. The van der Waals surface area contributed by atoms with Crippen molar-refractivity contribution < 1.29 is 18.7 Å². The molecule has 0 radical (unpaired) electrons. The second kappa shape index (κ2) is 5.41. The summed E-state index contributed by atoms with van der Waals surface area (Å²) >= 11 is -2.18. The Bertz CT molecular complexity index is 650. The quantitative estimate of drug-likeness (QED) is 0.805. The number of nitrogens with one attached hydrogen (secondary N) is 1. The fourth-order valence-corrected chi connectivity index (χ4v) is 2.33. The number of rotatable bonds is 5. The van der Waals surface area contributed by atoms with E-state index in [0.29, 0.717) is 5.69 Å². The van der Waals surface area contributed by atoms with Crippen LogP contribution in [0.3, 0.4) is 0 Å². The van der Waals surface area contributed by atoms with E-state index in [9.17, 15) is 13.6 Å². The lowest BCUT2D eigenvalue weighted by atomic mass is 10.2. The normalized spacial score (nSPS) is 12.5. The van der Waals surface area contributed by atoms with Crippen LogP contribution in [-0.2, 0) is 22.4 Å². The van der Waals surface area contributed by atoms with Crippen LogP contribution in [-0.4, -0.2) is 30.3 Å². The number of hydrogen-bond donors (Lipinski definition) is 2. The van der Waals surface area contributed by atoms with E-state index in [1.165, 1.54) is 0 Å².